The van der Waals surface area contributed by atoms with Crippen LogP contribution in [0.25, 0.3) is 0 Å². The first-order valence-electron chi connectivity index (χ1n) is 6.73. The monoisotopic (exact) mass is 275 g/mol. The topological polar surface area (TPSA) is 20.3 Å². The van der Waals surface area contributed by atoms with Crippen LogP contribution in [0.3, 0.4) is 0 Å². The van der Waals surface area contributed by atoms with Gasteiger partial charge >= 0.3 is 0 Å². The van der Waals surface area contributed by atoms with E-state index in [1.807, 2.05) is 11.9 Å². The van der Waals surface area contributed by atoms with Gasteiger partial charge in [0.2, 0.25) is 5.91 Å². The van der Waals surface area contributed by atoms with Crippen molar-refractivity contribution in [1.29, 1.82) is 0 Å². The van der Waals surface area contributed by atoms with Gasteiger partial charge in [-0.1, -0.05) is 24.3 Å². The molecule has 1 aliphatic carbocycles. The molecule has 0 radical (unpaired) electrons. The summed E-state index contributed by atoms with van der Waals surface area (Å²) in [5, 5.41) is 0. The number of benzene rings is 1. The third-order valence-corrected chi connectivity index (χ3v) is 4.32. The zero-order valence-electron chi connectivity index (χ0n) is 11.6. The molecule has 0 saturated heterocycles. The van der Waals surface area contributed by atoms with Gasteiger partial charge in [-0.15, -0.1) is 11.8 Å². The van der Waals surface area contributed by atoms with Crippen LogP contribution >= 0.6 is 11.8 Å². The summed E-state index contributed by atoms with van der Waals surface area (Å²) < 4.78 is 0. The Kier molecular flexibility index (Phi) is 5.08. The first kappa shape index (κ1) is 14.2. The van der Waals surface area contributed by atoms with Crippen LogP contribution in [0.5, 0.6) is 0 Å². The highest BCUT2D eigenvalue weighted by molar-refractivity contribution is 7.98. The van der Waals surface area contributed by atoms with Gasteiger partial charge < -0.3 is 4.90 Å². The molecule has 3 heteroatoms. The van der Waals surface area contributed by atoms with Crippen LogP contribution in [-0.2, 0) is 11.3 Å². The molecule has 0 spiro atoms. The van der Waals surface area contributed by atoms with Gasteiger partial charge in [0.25, 0.3) is 0 Å². The van der Waals surface area contributed by atoms with E-state index in [0.29, 0.717) is 6.54 Å². The van der Waals surface area contributed by atoms with Crippen molar-refractivity contribution in [2.75, 3.05) is 13.3 Å². The second-order valence-electron chi connectivity index (χ2n) is 5.02. The fraction of sp³-hybridized carbons (Fsp3) is 0.438. The number of amides is 1. The number of nitrogens with zero attached hydrogens (tertiary/aromatic N) is 1. The van der Waals surface area contributed by atoms with Gasteiger partial charge in [-0.3, -0.25) is 4.79 Å². The Labute approximate surface area is 119 Å². The van der Waals surface area contributed by atoms with Gasteiger partial charge in [-0.25, -0.2) is 0 Å². The van der Waals surface area contributed by atoms with Gasteiger partial charge in [0.05, 0.1) is 0 Å². The molecule has 0 aromatic heterocycles. The normalized spacial score (nSPS) is 18.3. The highest BCUT2D eigenvalue weighted by Gasteiger charge is 2.21. The van der Waals surface area contributed by atoms with Crippen LogP contribution in [0.4, 0.5) is 0 Å². The molecule has 0 heterocycles. The van der Waals surface area contributed by atoms with Gasteiger partial charge in [0, 0.05) is 24.4 Å². The summed E-state index contributed by atoms with van der Waals surface area (Å²) >= 11 is 1.74. The fourth-order valence-corrected chi connectivity index (χ4v) is 2.82. The van der Waals surface area contributed by atoms with E-state index in [1.165, 1.54) is 10.5 Å². The van der Waals surface area contributed by atoms with Crippen molar-refractivity contribution in [3.63, 3.8) is 0 Å². The summed E-state index contributed by atoms with van der Waals surface area (Å²) in [4.78, 5) is 15.4. The van der Waals surface area contributed by atoms with Crippen LogP contribution in [-0.4, -0.2) is 24.1 Å². The van der Waals surface area contributed by atoms with E-state index < -0.39 is 0 Å². The van der Waals surface area contributed by atoms with Crippen molar-refractivity contribution in [1.82, 2.24) is 4.90 Å². The minimum absolute atomic E-state index is 0.181. The van der Waals surface area contributed by atoms with Crippen LogP contribution < -0.4 is 0 Å². The third kappa shape index (κ3) is 3.87. The minimum Gasteiger partial charge on any atom is -0.341 e. The molecule has 0 bridgehead atoms. The SMILES string of the molecule is CSc1ccc(CN(C)C(=O)C2CC=CCC2)cc1. The van der Waals surface area contributed by atoms with E-state index in [2.05, 4.69) is 42.7 Å². The maximum absolute atomic E-state index is 12.3. The average molecular weight is 275 g/mol. The Balaban J connectivity index is 1.93. The zero-order valence-corrected chi connectivity index (χ0v) is 12.5. The maximum Gasteiger partial charge on any atom is 0.226 e. The van der Waals surface area contributed by atoms with Crippen molar-refractivity contribution in [2.24, 2.45) is 5.92 Å². The number of allylic oxidation sites excluding steroid dienone is 2. The second-order valence-corrected chi connectivity index (χ2v) is 5.90. The Hall–Kier alpha value is -1.22. The van der Waals surface area contributed by atoms with Gasteiger partial charge in [-0.2, -0.15) is 0 Å². The summed E-state index contributed by atoms with van der Waals surface area (Å²) in [6.07, 6.45) is 9.30. The fourth-order valence-electron chi connectivity index (χ4n) is 2.41. The molecule has 2 nitrogen and oxygen atoms in total. The number of carbonyl (C=O) groups excluding carboxylic acids is 1. The minimum atomic E-state index is 0.181. The highest BCUT2D eigenvalue weighted by atomic mass is 32.2. The Bertz CT molecular complexity index is 452. The van der Waals surface area contributed by atoms with E-state index in [0.717, 1.165) is 19.3 Å². The molecule has 1 amide bonds. The Morgan fingerprint density at radius 3 is 2.63 bits per heavy atom. The third-order valence-electron chi connectivity index (χ3n) is 3.57. The summed E-state index contributed by atoms with van der Waals surface area (Å²) in [5.74, 6) is 0.457. The summed E-state index contributed by atoms with van der Waals surface area (Å²) in [7, 11) is 1.91. The maximum atomic E-state index is 12.3. The van der Waals surface area contributed by atoms with E-state index in [1.54, 1.807) is 11.8 Å². The lowest BCUT2D eigenvalue weighted by atomic mass is 9.93. The molecule has 0 aliphatic heterocycles. The number of carbonyl (C=O) groups is 1. The van der Waals surface area contributed by atoms with Crippen molar-refractivity contribution < 1.29 is 4.79 Å². The molecule has 102 valence electrons. The lowest BCUT2D eigenvalue weighted by Crippen LogP contribution is -2.32. The molecule has 0 saturated carbocycles. The highest BCUT2D eigenvalue weighted by Crippen LogP contribution is 2.21. The molecule has 1 aromatic rings. The van der Waals surface area contributed by atoms with E-state index in [-0.39, 0.29) is 11.8 Å². The van der Waals surface area contributed by atoms with E-state index in [9.17, 15) is 4.79 Å². The first-order valence-corrected chi connectivity index (χ1v) is 7.96. The molecule has 0 N–H and O–H groups in total. The number of thioether (sulfide) groups is 1. The molecule has 1 aromatic carbocycles. The van der Waals surface area contributed by atoms with Gasteiger partial charge in [0.1, 0.15) is 0 Å². The van der Waals surface area contributed by atoms with Gasteiger partial charge in [-0.05, 0) is 43.2 Å². The zero-order chi connectivity index (χ0) is 13.7. The molecular formula is C16H21NOS. The van der Waals surface area contributed by atoms with Gasteiger partial charge in [0.15, 0.2) is 0 Å². The van der Waals surface area contributed by atoms with Crippen LogP contribution in [0, 0.1) is 5.92 Å². The lowest BCUT2D eigenvalue weighted by molar-refractivity contribution is -0.135. The van der Waals surface area contributed by atoms with Crippen molar-refractivity contribution in [3.8, 4) is 0 Å². The predicted octanol–water partition coefficient (Wildman–Crippen LogP) is 3.72. The van der Waals surface area contributed by atoms with Crippen LogP contribution in [0.15, 0.2) is 41.3 Å². The lowest BCUT2D eigenvalue weighted by Gasteiger charge is -2.24. The van der Waals surface area contributed by atoms with E-state index in [4.69, 9.17) is 0 Å². The summed E-state index contributed by atoms with van der Waals surface area (Å²) in [6.45, 7) is 0.702. The molecule has 1 aliphatic rings. The first-order chi connectivity index (χ1) is 9.20. The van der Waals surface area contributed by atoms with Crippen molar-refractivity contribution >= 4 is 17.7 Å². The molecule has 2 rings (SSSR count). The largest absolute Gasteiger partial charge is 0.341 e. The second kappa shape index (κ2) is 6.80. The van der Waals surface area contributed by atoms with Crippen molar-refractivity contribution in [2.45, 2.75) is 30.7 Å². The molecule has 19 heavy (non-hydrogen) atoms. The quantitative estimate of drug-likeness (QED) is 0.616. The number of rotatable bonds is 4. The van der Waals surface area contributed by atoms with Crippen LogP contribution in [0.1, 0.15) is 24.8 Å². The standard InChI is InChI=1S/C16H21NOS/c1-17(16(18)14-6-4-3-5-7-14)12-13-8-10-15(19-2)11-9-13/h3-4,8-11,14H,5-7,12H2,1-2H3. The Morgan fingerprint density at radius 2 is 2.05 bits per heavy atom. The number of hydrogen-bond acceptors (Lipinski definition) is 2. The van der Waals surface area contributed by atoms with Crippen LogP contribution in [0.2, 0.25) is 0 Å². The number of hydrogen-bond donors (Lipinski definition) is 0. The molecule has 0 fully saturated rings. The van der Waals surface area contributed by atoms with E-state index >= 15 is 0 Å². The smallest absolute Gasteiger partial charge is 0.226 e. The summed E-state index contributed by atoms with van der Waals surface area (Å²) in [5.41, 5.74) is 1.19. The molecular weight excluding hydrogens is 254 g/mol. The Morgan fingerprint density at radius 1 is 1.32 bits per heavy atom. The molecule has 1 unspecified atom stereocenters. The average Bonchev–Trinajstić information content (AvgIpc) is 2.48. The molecule has 1 atom stereocenters. The summed E-state index contributed by atoms with van der Waals surface area (Å²) in [6, 6.07) is 8.44. The van der Waals surface area contributed by atoms with Crippen molar-refractivity contribution in [3.05, 3.63) is 42.0 Å². The predicted molar refractivity (Wildman–Crippen MR) is 81.2 cm³/mol.